The highest BCUT2D eigenvalue weighted by atomic mass is 16.1. The molecule has 2 atom stereocenters. The van der Waals surface area contributed by atoms with E-state index in [1.165, 1.54) is 0 Å². The number of anilines is 2. The molecule has 2 unspecified atom stereocenters. The van der Waals surface area contributed by atoms with Crippen LogP contribution in [0.5, 0.6) is 0 Å². The second-order valence-corrected chi connectivity index (χ2v) is 8.33. The Morgan fingerprint density at radius 3 is 2.97 bits per heavy atom. The molecule has 5 rings (SSSR count). The standard InChI is InChI=1S/C23H24N8O/c1-15-13-30(29-27-15)14-16-5-4-7-18(11-16)26-22-21-20(9-10-25-23(21)32)31(28-22)19-8-3-2-6-17(19)12-24/h4-5,7,9-11,13,17,19H,2-3,6,8,14H2,1H3,(H,25,32)(H,26,28). The summed E-state index contributed by atoms with van der Waals surface area (Å²) in [5.41, 5.74) is 3.30. The van der Waals surface area contributed by atoms with Crippen molar-refractivity contribution in [2.24, 2.45) is 5.92 Å². The number of aromatic amines is 1. The van der Waals surface area contributed by atoms with Crippen LogP contribution in [0, 0.1) is 24.2 Å². The van der Waals surface area contributed by atoms with Crippen LogP contribution in [0.15, 0.2) is 47.5 Å². The van der Waals surface area contributed by atoms with Gasteiger partial charge in [-0.3, -0.25) is 9.48 Å². The summed E-state index contributed by atoms with van der Waals surface area (Å²) < 4.78 is 3.66. The quantitative estimate of drug-likeness (QED) is 0.501. The van der Waals surface area contributed by atoms with Crippen LogP contribution < -0.4 is 10.9 Å². The van der Waals surface area contributed by atoms with Crippen molar-refractivity contribution >= 4 is 22.4 Å². The normalized spacial score (nSPS) is 18.5. The second kappa shape index (κ2) is 8.30. The SMILES string of the molecule is Cc1cn(Cc2cccc(Nc3nn(C4CCCCC4C#N)c4cc[nH]c(=O)c34)c2)nn1. The summed E-state index contributed by atoms with van der Waals surface area (Å²) in [4.78, 5) is 15.5. The number of H-pyrrole nitrogens is 1. The van der Waals surface area contributed by atoms with Crippen molar-refractivity contribution in [2.75, 3.05) is 5.32 Å². The topological polar surface area (TPSA) is 117 Å². The molecular weight excluding hydrogens is 404 g/mol. The summed E-state index contributed by atoms with van der Waals surface area (Å²) in [6.07, 6.45) is 7.38. The minimum Gasteiger partial charge on any atom is -0.338 e. The number of aromatic nitrogens is 6. The van der Waals surface area contributed by atoms with Crippen LogP contribution in [0.3, 0.4) is 0 Å². The molecule has 0 bridgehead atoms. The molecule has 0 saturated heterocycles. The molecular formula is C23H24N8O. The van der Waals surface area contributed by atoms with Gasteiger partial charge in [0.1, 0.15) is 5.39 Å². The average Bonchev–Trinajstić information content (AvgIpc) is 3.38. The average molecular weight is 429 g/mol. The zero-order chi connectivity index (χ0) is 22.1. The summed E-state index contributed by atoms with van der Waals surface area (Å²) in [6.45, 7) is 2.50. The van der Waals surface area contributed by atoms with Crippen LogP contribution in [0.25, 0.3) is 10.9 Å². The fourth-order valence-corrected chi connectivity index (χ4v) is 4.54. The molecule has 4 aromatic rings. The monoisotopic (exact) mass is 428 g/mol. The van der Waals surface area contributed by atoms with E-state index >= 15 is 0 Å². The molecule has 1 fully saturated rings. The molecule has 9 heteroatoms. The van der Waals surface area contributed by atoms with E-state index in [4.69, 9.17) is 5.10 Å². The van der Waals surface area contributed by atoms with E-state index in [2.05, 4.69) is 26.7 Å². The van der Waals surface area contributed by atoms with Gasteiger partial charge in [-0.25, -0.2) is 4.68 Å². The van der Waals surface area contributed by atoms with Crippen molar-refractivity contribution in [3.8, 4) is 6.07 Å². The molecule has 1 aromatic carbocycles. The highest BCUT2D eigenvalue weighted by Crippen LogP contribution is 2.36. The molecule has 2 N–H and O–H groups in total. The molecule has 9 nitrogen and oxygen atoms in total. The Labute approximate surface area is 184 Å². The van der Waals surface area contributed by atoms with E-state index < -0.39 is 0 Å². The zero-order valence-corrected chi connectivity index (χ0v) is 17.8. The smallest absolute Gasteiger partial charge is 0.261 e. The van der Waals surface area contributed by atoms with Crippen molar-refractivity contribution in [1.82, 2.24) is 29.8 Å². The summed E-state index contributed by atoms with van der Waals surface area (Å²) in [5.74, 6) is 0.395. The Bertz CT molecular complexity index is 1360. The maximum absolute atomic E-state index is 12.7. The highest BCUT2D eigenvalue weighted by molar-refractivity contribution is 5.91. The lowest BCUT2D eigenvalue weighted by molar-refractivity contribution is 0.277. The van der Waals surface area contributed by atoms with Gasteiger partial charge in [-0.05, 0) is 43.5 Å². The molecule has 0 radical (unpaired) electrons. The van der Waals surface area contributed by atoms with Gasteiger partial charge in [0.05, 0.1) is 35.8 Å². The first-order valence-electron chi connectivity index (χ1n) is 10.8. The van der Waals surface area contributed by atoms with Crippen LogP contribution in [0.1, 0.15) is 43.0 Å². The molecule has 0 aliphatic heterocycles. The number of hydrogen-bond donors (Lipinski definition) is 2. The van der Waals surface area contributed by atoms with E-state index in [0.717, 1.165) is 48.1 Å². The number of hydrogen-bond acceptors (Lipinski definition) is 6. The molecule has 3 aromatic heterocycles. The fraction of sp³-hybridized carbons (Fsp3) is 0.348. The van der Waals surface area contributed by atoms with Gasteiger partial charge in [0.2, 0.25) is 0 Å². The zero-order valence-electron chi connectivity index (χ0n) is 17.8. The summed E-state index contributed by atoms with van der Waals surface area (Å²) in [6, 6.07) is 12.2. The van der Waals surface area contributed by atoms with E-state index in [1.807, 2.05) is 48.1 Å². The Hall–Kier alpha value is -3.93. The Morgan fingerprint density at radius 2 is 2.16 bits per heavy atom. The van der Waals surface area contributed by atoms with Crippen molar-refractivity contribution < 1.29 is 0 Å². The Kier molecular flexibility index (Phi) is 5.19. The van der Waals surface area contributed by atoms with E-state index in [-0.39, 0.29) is 17.5 Å². The predicted molar refractivity (Wildman–Crippen MR) is 121 cm³/mol. The van der Waals surface area contributed by atoms with Crippen molar-refractivity contribution in [1.29, 1.82) is 5.26 Å². The summed E-state index contributed by atoms with van der Waals surface area (Å²) in [7, 11) is 0. The lowest BCUT2D eigenvalue weighted by atomic mass is 9.85. The van der Waals surface area contributed by atoms with Gasteiger partial charge in [-0.15, -0.1) is 5.10 Å². The van der Waals surface area contributed by atoms with Crippen LogP contribution >= 0.6 is 0 Å². The maximum Gasteiger partial charge on any atom is 0.261 e. The molecule has 1 aliphatic rings. The largest absolute Gasteiger partial charge is 0.338 e. The van der Waals surface area contributed by atoms with Crippen LogP contribution in [-0.4, -0.2) is 29.8 Å². The number of aryl methyl sites for hydroxylation is 1. The summed E-state index contributed by atoms with van der Waals surface area (Å²) in [5, 5.41) is 26.4. The number of nitriles is 1. The molecule has 3 heterocycles. The number of benzene rings is 1. The molecule has 32 heavy (non-hydrogen) atoms. The Morgan fingerprint density at radius 1 is 1.28 bits per heavy atom. The summed E-state index contributed by atoms with van der Waals surface area (Å²) >= 11 is 0. The van der Waals surface area contributed by atoms with Gasteiger partial charge >= 0.3 is 0 Å². The molecule has 162 valence electrons. The number of nitrogens with one attached hydrogen (secondary N) is 2. The first-order chi connectivity index (χ1) is 15.6. The van der Waals surface area contributed by atoms with Gasteiger partial charge in [-0.1, -0.05) is 30.2 Å². The lowest BCUT2D eigenvalue weighted by Gasteiger charge is -2.27. The molecule has 0 spiro atoms. The third-order valence-electron chi connectivity index (χ3n) is 6.03. The molecule has 1 saturated carbocycles. The van der Waals surface area contributed by atoms with E-state index in [0.29, 0.717) is 17.7 Å². The molecule has 0 amide bonds. The van der Waals surface area contributed by atoms with Gasteiger partial charge in [0.15, 0.2) is 5.82 Å². The maximum atomic E-state index is 12.7. The van der Waals surface area contributed by atoms with Crippen molar-refractivity contribution in [2.45, 2.75) is 45.2 Å². The molecule has 1 aliphatic carbocycles. The number of fused-ring (bicyclic) bond motifs is 1. The third-order valence-corrected chi connectivity index (χ3v) is 6.03. The first kappa shape index (κ1) is 20.0. The minimum absolute atomic E-state index is 0.0320. The van der Waals surface area contributed by atoms with Gasteiger partial charge in [-0.2, -0.15) is 10.4 Å². The fourth-order valence-electron chi connectivity index (χ4n) is 4.54. The van der Waals surface area contributed by atoms with Crippen molar-refractivity contribution in [3.05, 3.63) is 64.3 Å². The van der Waals surface area contributed by atoms with Gasteiger partial charge in [0.25, 0.3) is 5.56 Å². The minimum atomic E-state index is -0.199. The lowest BCUT2D eigenvalue weighted by Crippen LogP contribution is -2.23. The second-order valence-electron chi connectivity index (χ2n) is 8.33. The van der Waals surface area contributed by atoms with Crippen LogP contribution in [0.4, 0.5) is 11.5 Å². The number of nitrogens with zero attached hydrogens (tertiary/aromatic N) is 6. The van der Waals surface area contributed by atoms with Gasteiger partial charge < -0.3 is 10.3 Å². The van der Waals surface area contributed by atoms with Gasteiger partial charge in [0, 0.05) is 18.1 Å². The predicted octanol–water partition coefficient (Wildman–Crippen LogP) is 3.67. The van der Waals surface area contributed by atoms with E-state index in [9.17, 15) is 10.1 Å². The number of rotatable bonds is 5. The third kappa shape index (κ3) is 3.75. The first-order valence-corrected chi connectivity index (χ1v) is 10.8. The van der Waals surface area contributed by atoms with Crippen molar-refractivity contribution in [3.63, 3.8) is 0 Å². The highest BCUT2D eigenvalue weighted by Gasteiger charge is 2.29. The van der Waals surface area contributed by atoms with Crippen LogP contribution in [0.2, 0.25) is 0 Å². The number of pyridine rings is 1. The Balaban J connectivity index is 1.50. The van der Waals surface area contributed by atoms with E-state index in [1.54, 1.807) is 10.9 Å². The van der Waals surface area contributed by atoms with Crippen LogP contribution in [-0.2, 0) is 6.54 Å².